The summed E-state index contributed by atoms with van der Waals surface area (Å²) in [4.78, 5) is 22.2. The molecule has 0 aliphatic carbocycles. The Bertz CT molecular complexity index is 900. The monoisotopic (exact) mass is 393 g/mol. The van der Waals surface area contributed by atoms with E-state index in [0.717, 1.165) is 0 Å². The van der Waals surface area contributed by atoms with Crippen molar-refractivity contribution >= 4 is 29.4 Å². The minimum atomic E-state index is -0.644. The minimum absolute atomic E-state index is 0.0260. The van der Waals surface area contributed by atoms with E-state index in [4.69, 9.17) is 21.1 Å². The number of amides is 1. The molecular formula is C17H16ClN3O6. The average molecular weight is 394 g/mol. The first-order valence-electron chi connectivity index (χ1n) is 7.58. The van der Waals surface area contributed by atoms with Crippen LogP contribution in [0.15, 0.2) is 35.4 Å². The molecule has 0 radical (unpaired) electrons. The summed E-state index contributed by atoms with van der Waals surface area (Å²) in [6.07, 6.45) is 1.18. The molecule has 142 valence electrons. The third-order valence-corrected chi connectivity index (χ3v) is 3.57. The maximum Gasteiger partial charge on any atom is 0.311 e. The van der Waals surface area contributed by atoms with E-state index >= 15 is 0 Å². The number of hydrogen-bond donors (Lipinski definition) is 2. The lowest BCUT2D eigenvalue weighted by Crippen LogP contribution is -2.24. The molecule has 0 fully saturated rings. The standard InChI is InChI=1S/C17H16ClN3O6/c1-10-3-4-14(13(5-10)21(24)25)27-9-16(22)20-19-8-11-6-12(18)7-15(26-2)17(11)23/h3-8,23H,9H2,1-2H3,(H,20,22)/b19-8-. The van der Waals surface area contributed by atoms with Gasteiger partial charge in [-0.25, -0.2) is 5.43 Å². The van der Waals surface area contributed by atoms with Crippen LogP contribution in [0.4, 0.5) is 5.69 Å². The van der Waals surface area contributed by atoms with Gasteiger partial charge < -0.3 is 14.6 Å². The van der Waals surface area contributed by atoms with Crippen LogP contribution in [0.3, 0.4) is 0 Å². The van der Waals surface area contributed by atoms with E-state index in [9.17, 15) is 20.0 Å². The number of phenolic OH excluding ortho intramolecular Hbond substituents is 1. The van der Waals surface area contributed by atoms with Crippen molar-refractivity contribution in [3.8, 4) is 17.2 Å². The largest absolute Gasteiger partial charge is 0.504 e. The molecule has 2 N–H and O–H groups in total. The van der Waals surface area contributed by atoms with E-state index < -0.39 is 17.4 Å². The molecule has 0 saturated heterocycles. The van der Waals surface area contributed by atoms with Crippen molar-refractivity contribution in [2.45, 2.75) is 6.92 Å². The molecule has 0 atom stereocenters. The molecular weight excluding hydrogens is 378 g/mol. The van der Waals surface area contributed by atoms with E-state index in [1.54, 1.807) is 13.0 Å². The molecule has 0 spiro atoms. The molecule has 0 aliphatic rings. The lowest BCUT2D eigenvalue weighted by atomic mass is 10.2. The maximum atomic E-state index is 11.8. The van der Waals surface area contributed by atoms with Crippen LogP contribution in [0.25, 0.3) is 0 Å². The van der Waals surface area contributed by atoms with Gasteiger partial charge in [0.2, 0.25) is 0 Å². The van der Waals surface area contributed by atoms with Gasteiger partial charge >= 0.3 is 5.69 Å². The van der Waals surface area contributed by atoms with E-state index in [0.29, 0.717) is 10.6 Å². The van der Waals surface area contributed by atoms with Crippen molar-refractivity contribution in [3.63, 3.8) is 0 Å². The molecule has 0 unspecified atom stereocenters. The predicted octanol–water partition coefficient (Wildman–Crippen LogP) is 2.80. The van der Waals surface area contributed by atoms with Crippen LogP contribution in [0.2, 0.25) is 5.02 Å². The first-order valence-corrected chi connectivity index (χ1v) is 7.96. The SMILES string of the molecule is COc1cc(Cl)cc(/C=N\NC(=O)COc2ccc(C)cc2[N+](=O)[O-])c1O. The van der Waals surface area contributed by atoms with E-state index in [1.807, 2.05) is 0 Å². The van der Waals surface area contributed by atoms with Crippen LogP contribution >= 0.6 is 11.6 Å². The Hall–Kier alpha value is -3.33. The molecule has 0 saturated carbocycles. The van der Waals surface area contributed by atoms with Gasteiger partial charge in [-0.05, 0) is 24.6 Å². The maximum absolute atomic E-state index is 11.8. The minimum Gasteiger partial charge on any atom is -0.504 e. The van der Waals surface area contributed by atoms with E-state index in [-0.39, 0.29) is 28.5 Å². The summed E-state index contributed by atoms with van der Waals surface area (Å²) in [6, 6.07) is 7.26. The molecule has 9 nitrogen and oxygen atoms in total. The Labute approximate surface area is 159 Å². The average Bonchev–Trinajstić information content (AvgIpc) is 2.63. The zero-order chi connectivity index (χ0) is 20.0. The molecule has 0 aromatic heterocycles. The van der Waals surface area contributed by atoms with Crippen molar-refractivity contribution in [2.24, 2.45) is 5.10 Å². The second-order valence-corrected chi connectivity index (χ2v) is 5.79. The van der Waals surface area contributed by atoms with Gasteiger partial charge in [-0.1, -0.05) is 17.7 Å². The Morgan fingerprint density at radius 2 is 2.11 bits per heavy atom. The predicted molar refractivity (Wildman–Crippen MR) is 98.7 cm³/mol. The number of nitrogens with one attached hydrogen (secondary N) is 1. The molecule has 10 heteroatoms. The van der Waals surface area contributed by atoms with Gasteiger partial charge in [-0.15, -0.1) is 0 Å². The summed E-state index contributed by atoms with van der Waals surface area (Å²) in [5.74, 6) is -0.701. The summed E-state index contributed by atoms with van der Waals surface area (Å²) in [6.45, 7) is 1.23. The molecule has 0 bridgehead atoms. The number of halogens is 1. The normalized spacial score (nSPS) is 10.6. The van der Waals surface area contributed by atoms with Crippen LogP contribution in [-0.2, 0) is 4.79 Å². The summed E-state index contributed by atoms with van der Waals surface area (Å²) >= 11 is 5.90. The summed E-state index contributed by atoms with van der Waals surface area (Å²) in [5, 5.41) is 25.0. The molecule has 0 aliphatic heterocycles. The summed E-state index contributed by atoms with van der Waals surface area (Å²) in [7, 11) is 1.37. The summed E-state index contributed by atoms with van der Waals surface area (Å²) < 4.78 is 10.1. The van der Waals surface area contributed by atoms with Crippen molar-refractivity contribution < 1.29 is 24.3 Å². The van der Waals surface area contributed by atoms with Gasteiger partial charge in [0, 0.05) is 22.7 Å². The van der Waals surface area contributed by atoms with Crippen LogP contribution in [0, 0.1) is 17.0 Å². The van der Waals surface area contributed by atoms with Crippen molar-refractivity contribution in [3.05, 3.63) is 56.6 Å². The van der Waals surface area contributed by atoms with Gasteiger partial charge in [-0.3, -0.25) is 14.9 Å². The fraction of sp³-hybridized carbons (Fsp3) is 0.176. The Kier molecular flexibility index (Phi) is 6.56. The number of rotatable bonds is 7. The highest BCUT2D eigenvalue weighted by Crippen LogP contribution is 2.32. The highest BCUT2D eigenvalue weighted by atomic mass is 35.5. The number of benzene rings is 2. The zero-order valence-corrected chi connectivity index (χ0v) is 15.2. The number of nitro benzene ring substituents is 1. The number of aromatic hydroxyl groups is 1. The number of methoxy groups -OCH3 is 1. The van der Waals surface area contributed by atoms with Gasteiger partial charge in [0.25, 0.3) is 5.91 Å². The van der Waals surface area contributed by atoms with E-state index in [2.05, 4.69) is 10.5 Å². The number of carbonyl (C=O) groups excluding carboxylic acids is 1. The first-order chi connectivity index (χ1) is 12.8. The fourth-order valence-electron chi connectivity index (χ4n) is 2.09. The highest BCUT2D eigenvalue weighted by Gasteiger charge is 2.16. The molecule has 0 heterocycles. The molecule has 1 amide bonds. The third-order valence-electron chi connectivity index (χ3n) is 3.35. The third kappa shape index (κ3) is 5.32. The van der Waals surface area contributed by atoms with Gasteiger partial charge in [0.1, 0.15) is 0 Å². The number of hydrazone groups is 1. The quantitative estimate of drug-likeness (QED) is 0.423. The Balaban J connectivity index is 1.99. The Morgan fingerprint density at radius 1 is 1.37 bits per heavy atom. The van der Waals surface area contributed by atoms with Crippen LogP contribution < -0.4 is 14.9 Å². The second kappa shape index (κ2) is 8.86. The number of aryl methyl sites for hydroxylation is 1. The highest BCUT2D eigenvalue weighted by molar-refractivity contribution is 6.31. The van der Waals surface area contributed by atoms with Crippen molar-refractivity contribution in [1.29, 1.82) is 0 Å². The molecule has 27 heavy (non-hydrogen) atoms. The molecule has 2 aromatic carbocycles. The van der Waals surface area contributed by atoms with Crippen LogP contribution in [0.1, 0.15) is 11.1 Å². The number of nitrogens with zero attached hydrogens (tertiary/aromatic N) is 2. The van der Waals surface area contributed by atoms with Gasteiger partial charge in [0.05, 0.1) is 18.2 Å². The fourth-order valence-corrected chi connectivity index (χ4v) is 2.31. The number of nitro groups is 1. The second-order valence-electron chi connectivity index (χ2n) is 5.36. The topological polar surface area (TPSA) is 123 Å². The zero-order valence-electron chi connectivity index (χ0n) is 14.4. The van der Waals surface area contributed by atoms with Crippen molar-refractivity contribution in [1.82, 2.24) is 5.43 Å². The van der Waals surface area contributed by atoms with Crippen molar-refractivity contribution in [2.75, 3.05) is 13.7 Å². The van der Waals surface area contributed by atoms with Gasteiger partial charge in [0.15, 0.2) is 23.9 Å². The first kappa shape index (κ1) is 20.0. The van der Waals surface area contributed by atoms with Crippen LogP contribution in [-0.4, -0.2) is 35.9 Å². The molecule has 2 aromatic rings. The Morgan fingerprint density at radius 3 is 2.78 bits per heavy atom. The number of carbonyl (C=O) groups is 1. The number of ether oxygens (including phenoxy) is 2. The number of hydrogen-bond acceptors (Lipinski definition) is 7. The smallest absolute Gasteiger partial charge is 0.311 e. The lowest BCUT2D eigenvalue weighted by molar-refractivity contribution is -0.385. The van der Waals surface area contributed by atoms with E-state index in [1.165, 1.54) is 37.6 Å². The van der Waals surface area contributed by atoms with Crippen LogP contribution in [0.5, 0.6) is 17.2 Å². The summed E-state index contributed by atoms with van der Waals surface area (Å²) in [5.41, 5.74) is 2.88. The lowest BCUT2D eigenvalue weighted by Gasteiger charge is -2.07. The molecule has 2 rings (SSSR count). The number of phenols is 1. The van der Waals surface area contributed by atoms with Gasteiger partial charge in [-0.2, -0.15) is 5.10 Å².